The second-order valence-corrected chi connectivity index (χ2v) is 5.61. The number of likely N-dealkylation sites (N-methyl/N-ethyl adjacent to an activating group) is 1. The van der Waals surface area contributed by atoms with Gasteiger partial charge in [-0.2, -0.15) is 5.10 Å². The third-order valence-corrected chi connectivity index (χ3v) is 3.88. The van der Waals surface area contributed by atoms with E-state index in [1.807, 2.05) is 14.0 Å². The molecule has 1 aromatic rings. The Morgan fingerprint density at radius 2 is 2.16 bits per heavy atom. The number of amides is 1. The highest BCUT2D eigenvalue weighted by Crippen LogP contribution is 2.30. The first-order valence-electron chi connectivity index (χ1n) is 6.95. The van der Waals surface area contributed by atoms with Gasteiger partial charge >= 0.3 is 0 Å². The molecule has 19 heavy (non-hydrogen) atoms. The van der Waals surface area contributed by atoms with Crippen LogP contribution in [-0.4, -0.2) is 44.9 Å². The molecule has 0 radical (unpaired) electrons. The average Bonchev–Trinajstić information content (AvgIpc) is 2.94. The molecule has 0 bridgehead atoms. The monoisotopic (exact) mass is 265 g/mol. The summed E-state index contributed by atoms with van der Waals surface area (Å²) >= 11 is 0. The van der Waals surface area contributed by atoms with Crippen LogP contribution in [0.4, 0.5) is 0 Å². The fourth-order valence-corrected chi connectivity index (χ4v) is 2.88. The van der Waals surface area contributed by atoms with Crippen LogP contribution >= 0.6 is 0 Å². The van der Waals surface area contributed by atoms with Gasteiger partial charge in [0.1, 0.15) is 0 Å². The number of aliphatic hydroxyl groups is 1. The van der Waals surface area contributed by atoms with Crippen LogP contribution in [0, 0.1) is 0 Å². The Hall–Kier alpha value is -1.36. The Labute approximate surface area is 114 Å². The van der Waals surface area contributed by atoms with Crippen molar-refractivity contribution in [3.63, 3.8) is 0 Å². The minimum absolute atomic E-state index is 0.0507. The Morgan fingerprint density at radius 1 is 1.53 bits per heavy atom. The normalized spacial score (nSPS) is 17.7. The first-order valence-corrected chi connectivity index (χ1v) is 6.95. The maximum atomic E-state index is 12.4. The van der Waals surface area contributed by atoms with E-state index in [2.05, 4.69) is 5.10 Å². The van der Waals surface area contributed by atoms with Gasteiger partial charge in [0.05, 0.1) is 16.9 Å². The number of carbonyl (C=O) groups excluding carboxylic acids is 1. The highest BCUT2D eigenvalue weighted by atomic mass is 16.3. The van der Waals surface area contributed by atoms with Crippen molar-refractivity contribution in [2.24, 2.45) is 7.05 Å². The number of aromatic nitrogens is 2. The molecule has 0 unspecified atom stereocenters. The summed E-state index contributed by atoms with van der Waals surface area (Å²) in [4.78, 5) is 14.1. The van der Waals surface area contributed by atoms with E-state index >= 15 is 0 Å². The Morgan fingerprint density at radius 3 is 2.74 bits per heavy atom. The molecular weight excluding hydrogens is 242 g/mol. The first-order chi connectivity index (χ1) is 8.95. The molecule has 1 aliphatic carbocycles. The molecule has 1 saturated carbocycles. The summed E-state index contributed by atoms with van der Waals surface area (Å²) < 4.78 is 1.67. The van der Waals surface area contributed by atoms with Crippen LogP contribution in [0.2, 0.25) is 0 Å². The lowest BCUT2D eigenvalue weighted by Gasteiger charge is -2.28. The summed E-state index contributed by atoms with van der Waals surface area (Å²) in [5, 5.41) is 14.7. The molecule has 106 valence electrons. The molecule has 1 N–H and O–H groups in total. The number of hydrogen-bond acceptors (Lipinski definition) is 3. The van der Waals surface area contributed by atoms with Crippen molar-refractivity contribution in [2.45, 2.75) is 44.6 Å². The van der Waals surface area contributed by atoms with E-state index in [4.69, 9.17) is 0 Å². The molecular formula is C14H23N3O2. The quantitative estimate of drug-likeness (QED) is 0.894. The minimum atomic E-state index is -0.695. The average molecular weight is 265 g/mol. The van der Waals surface area contributed by atoms with E-state index in [0.717, 1.165) is 37.8 Å². The summed E-state index contributed by atoms with van der Waals surface area (Å²) in [6.45, 7) is 2.40. The number of hydrogen-bond donors (Lipinski definition) is 1. The lowest BCUT2D eigenvalue weighted by atomic mass is 10.0. The molecule has 5 heteroatoms. The highest BCUT2D eigenvalue weighted by molar-refractivity contribution is 5.95. The highest BCUT2D eigenvalue weighted by Gasteiger charge is 2.34. The molecule has 0 spiro atoms. The van der Waals surface area contributed by atoms with Crippen molar-refractivity contribution < 1.29 is 9.90 Å². The van der Waals surface area contributed by atoms with Gasteiger partial charge in [-0.25, -0.2) is 0 Å². The fraction of sp³-hybridized carbons (Fsp3) is 0.714. The van der Waals surface area contributed by atoms with Crippen molar-refractivity contribution in [2.75, 3.05) is 13.6 Å². The zero-order valence-electron chi connectivity index (χ0n) is 12.0. The predicted octanol–water partition coefficient (Wildman–Crippen LogP) is 1.36. The second-order valence-electron chi connectivity index (χ2n) is 5.61. The molecule has 0 atom stereocenters. The zero-order chi connectivity index (χ0) is 14.0. The van der Waals surface area contributed by atoms with E-state index < -0.39 is 5.60 Å². The third-order valence-electron chi connectivity index (χ3n) is 3.88. The molecule has 0 saturated heterocycles. The summed E-state index contributed by atoms with van der Waals surface area (Å²) in [5.74, 6) is -0.0507. The topological polar surface area (TPSA) is 58.4 Å². The van der Waals surface area contributed by atoms with Crippen LogP contribution in [0.25, 0.3) is 0 Å². The van der Waals surface area contributed by atoms with Gasteiger partial charge in [0.25, 0.3) is 5.91 Å². The van der Waals surface area contributed by atoms with E-state index in [0.29, 0.717) is 12.1 Å². The maximum absolute atomic E-state index is 12.4. The Bertz CT molecular complexity index is 461. The van der Waals surface area contributed by atoms with E-state index in [9.17, 15) is 9.90 Å². The van der Waals surface area contributed by atoms with Crippen LogP contribution in [0.3, 0.4) is 0 Å². The smallest absolute Gasteiger partial charge is 0.257 e. The first kappa shape index (κ1) is 14.1. The molecule has 1 aromatic heterocycles. The molecule has 1 heterocycles. The summed E-state index contributed by atoms with van der Waals surface area (Å²) in [6.07, 6.45) is 6.17. The number of rotatable bonds is 4. The molecule has 0 aromatic carbocycles. The van der Waals surface area contributed by atoms with Gasteiger partial charge in [0, 0.05) is 26.8 Å². The second kappa shape index (κ2) is 5.33. The molecule has 5 nitrogen and oxygen atoms in total. The van der Waals surface area contributed by atoms with Crippen LogP contribution < -0.4 is 0 Å². The van der Waals surface area contributed by atoms with E-state index in [1.165, 1.54) is 0 Å². The fourth-order valence-electron chi connectivity index (χ4n) is 2.88. The number of aryl methyl sites for hydroxylation is 2. The van der Waals surface area contributed by atoms with Crippen LogP contribution in [0.1, 0.15) is 48.7 Å². The van der Waals surface area contributed by atoms with Gasteiger partial charge in [-0.1, -0.05) is 19.8 Å². The van der Waals surface area contributed by atoms with Crippen molar-refractivity contribution >= 4 is 5.91 Å². The SMILES string of the molecule is CCc1nn(C)cc1C(=O)N(C)CC1(O)CCCC1. The van der Waals surface area contributed by atoms with Crippen molar-refractivity contribution in [1.82, 2.24) is 14.7 Å². The zero-order valence-corrected chi connectivity index (χ0v) is 12.0. The summed E-state index contributed by atoms with van der Waals surface area (Å²) in [5.41, 5.74) is 0.769. The van der Waals surface area contributed by atoms with Crippen molar-refractivity contribution in [3.8, 4) is 0 Å². The van der Waals surface area contributed by atoms with Gasteiger partial charge in [-0.15, -0.1) is 0 Å². The number of carbonyl (C=O) groups is 1. The van der Waals surface area contributed by atoms with Crippen LogP contribution in [-0.2, 0) is 13.5 Å². The van der Waals surface area contributed by atoms with Crippen molar-refractivity contribution in [3.05, 3.63) is 17.5 Å². The molecule has 2 rings (SSSR count). The van der Waals surface area contributed by atoms with Gasteiger partial charge in [-0.05, 0) is 19.3 Å². The van der Waals surface area contributed by atoms with E-state index in [-0.39, 0.29) is 5.91 Å². The summed E-state index contributed by atoms with van der Waals surface area (Å²) in [7, 11) is 3.57. The standard InChI is InChI=1S/C14H23N3O2/c1-4-12-11(9-17(3)15-12)13(18)16(2)10-14(19)7-5-6-8-14/h9,19H,4-8,10H2,1-3H3. The maximum Gasteiger partial charge on any atom is 0.257 e. The summed E-state index contributed by atoms with van der Waals surface area (Å²) in [6, 6.07) is 0. The lowest BCUT2D eigenvalue weighted by Crippen LogP contribution is -2.42. The van der Waals surface area contributed by atoms with Gasteiger partial charge < -0.3 is 10.0 Å². The van der Waals surface area contributed by atoms with E-state index in [1.54, 1.807) is 22.8 Å². The third kappa shape index (κ3) is 2.97. The van der Waals surface area contributed by atoms with Crippen molar-refractivity contribution in [1.29, 1.82) is 0 Å². The molecule has 1 aliphatic rings. The largest absolute Gasteiger partial charge is 0.388 e. The molecule has 1 amide bonds. The van der Waals surface area contributed by atoms with Gasteiger partial charge in [0.15, 0.2) is 0 Å². The lowest BCUT2D eigenvalue weighted by molar-refractivity contribution is 0.0156. The van der Waals surface area contributed by atoms with Crippen LogP contribution in [0.15, 0.2) is 6.20 Å². The number of nitrogens with zero attached hydrogens (tertiary/aromatic N) is 3. The minimum Gasteiger partial charge on any atom is -0.388 e. The Kier molecular flexibility index (Phi) is 3.94. The Balaban J connectivity index is 2.10. The molecule has 1 fully saturated rings. The van der Waals surface area contributed by atoms with Crippen LogP contribution in [0.5, 0.6) is 0 Å². The molecule has 0 aliphatic heterocycles. The predicted molar refractivity (Wildman–Crippen MR) is 73.0 cm³/mol. The van der Waals surface area contributed by atoms with Gasteiger partial charge in [-0.3, -0.25) is 9.48 Å². The van der Waals surface area contributed by atoms with Gasteiger partial charge in [0.2, 0.25) is 0 Å².